The van der Waals surface area contributed by atoms with Crippen molar-refractivity contribution in [2.75, 3.05) is 44.6 Å². The van der Waals surface area contributed by atoms with Gasteiger partial charge >= 0.3 is 0 Å². The molecule has 2 aliphatic rings. The van der Waals surface area contributed by atoms with Crippen LogP contribution in [0.15, 0.2) is 24.3 Å². The van der Waals surface area contributed by atoms with Crippen molar-refractivity contribution in [3.63, 3.8) is 0 Å². The molecule has 1 unspecified atom stereocenters. The maximum absolute atomic E-state index is 13.2. The monoisotopic (exact) mass is 458 g/mol. The van der Waals surface area contributed by atoms with E-state index in [2.05, 4.69) is 10.6 Å². The van der Waals surface area contributed by atoms with Gasteiger partial charge in [0.1, 0.15) is 0 Å². The topological polar surface area (TPSA) is 64.7 Å². The number of carbonyl (C=O) groups is 2. The number of carbonyl (C=O) groups excluding carboxylic acids is 2. The summed E-state index contributed by atoms with van der Waals surface area (Å²) < 4.78 is 26.5. The van der Waals surface area contributed by atoms with E-state index < -0.39 is 24.9 Å². The number of hydrogen-bond donors (Lipinski definition) is 2. The van der Waals surface area contributed by atoms with Gasteiger partial charge in [0.2, 0.25) is 11.8 Å². The Morgan fingerprint density at radius 3 is 2.39 bits per heavy atom. The summed E-state index contributed by atoms with van der Waals surface area (Å²) in [4.78, 5) is 28.0. The van der Waals surface area contributed by atoms with E-state index in [4.69, 9.17) is 11.6 Å². The second-order valence-corrected chi connectivity index (χ2v) is 7.03. The minimum atomic E-state index is -2.82. The minimum Gasteiger partial charge on any atom is -0.339 e. The Morgan fingerprint density at radius 2 is 1.82 bits per heavy atom. The van der Waals surface area contributed by atoms with Crippen LogP contribution in [-0.4, -0.2) is 72.8 Å². The summed E-state index contributed by atoms with van der Waals surface area (Å²) in [7, 11) is 0. The Labute approximate surface area is 179 Å². The highest BCUT2D eigenvalue weighted by atomic mass is 35.5. The molecule has 2 amide bonds. The highest BCUT2D eigenvalue weighted by Gasteiger charge is 2.43. The first-order chi connectivity index (χ1) is 12.3. The van der Waals surface area contributed by atoms with Crippen LogP contribution in [0.25, 0.3) is 0 Å². The molecule has 6 nitrogen and oxygen atoms in total. The maximum Gasteiger partial charge on any atom is 0.262 e. The fourth-order valence-corrected chi connectivity index (χ4v) is 3.38. The van der Waals surface area contributed by atoms with Crippen molar-refractivity contribution in [3.8, 4) is 0 Å². The molecule has 1 atom stereocenters. The van der Waals surface area contributed by atoms with E-state index in [1.54, 1.807) is 29.2 Å². The molecule has 0 radical (unpaired) electrons. The number of piperazine rings is 1. The SMILES string of the molecule is Cl.Cl.O=C(CN1CCN(C(=O)C2CC(F)(F)CN2)CC1)Nc1ccccc1Cl. The largest absolute Gasteiger partial charge is 0.339 e. The van der Waals surface area contributed by atoms with Gasteiger partial charge in [0, 0.05) is 32.6 Å². The number of hydrogen-bond acceptors (Lipinski definition) is 4. The molecule has 1 aromatic rings. The predicted octanol–water partition coefficient (Wildman–Crippen LogP) is 2.26. The molecule has 0 aromatic heterocycles. The average Bonchev–Trinajstić information content (AvgIpc) is 2.97. The zero-order valence-corrected chi connectivity index (χ0v) is 17.4. The first-order valence-electron chi connectivity index (χ1n) is 8.51. The lowest BCUT2D eigenvalue weighted by atomic mass is 10.1. The molecule has 0 saturated carbocycles. The Kier molecular flexibility index (Phi) is 9.36. The fraction of sp³-hybridized carbons (Fsp3) is 0.529. The summed E-state index contributed by atoms with van der Waals surface area (Å²) >= 11 is 6.02. The normalized spacial score (nSPS) is 21.4. The second-order valence-electron chi connectivity index (χ2n) is 6.62. The number of rotatable bonds is 4. The zero-order valence-electron chi connectivity index (χ0n) is 15.0. The fourth-order valence-electron chi connectivity index (χ4n) is 3.19. The highest BCUT2D eigenvalue weighted by Crippen LogP contribution is 2.26. The molecular weight excluding hydrogens is 437 g/mol. The summed E-state index contributed by atoms with van der Waals surface area (Å²) in [6, 6.07) is 6.17. The van der Waals surface area contributed by atoms with E-state index in [0.717, 1.165) is 0 Å². The van der Waals surface area contributed by atoms with E-state index in [-0.39, 0.29) is 43.2 Å². The number of nitrogens with zero attached hydrogens (tertiary/aromatic N) is 2. The third kappa shape index (κ3) is 6.42. The van der Waals surface area contributed by atoms with Crippen LogP contribution in [0.4, 0.5) is 14.5 Å². The molecule has 158 valence electrons. The zero-order chi connectivity index (χ0) is 18.7. The van der Waals surface area contributed by atoms with E-state index in [1.807, 2.05) is 4.90 Å². The number of halogens is 5. The third-order valence-electron chi connectivity index (χ3n) is 4.61. The summed E-state index contributed by atoms with van der Waals surface area (Å²) in [5.74, 6) is -3.30. The minimum absolute atomic E-state index is 0. The molecule has 2 N–H and O–H groups in total. The maximum atomic E-state index is 13.2. The van der Waals surface area contributed by atoms with Gasteiger partial charge < -0.3 is 10.2 Å². The Hall–Kier alpha value is -1.19. The van der Waals surface area contributed by atoms with Gasteiger partial charge in [-0.25, -0.2) is 8.78 Å². The standard InChI is InChI=1S/C17H21ClF2N4O2.2ClH/c18-12-3-1-2-4-13(12)22-15(25)10-23-5-7-24(8-6-23)16(26)14-9-17(19,20)11-21-14;;/h1-4,14,21H,5-11H2,(H,22,25);2*1H. The van der Waals surface area contributed by atoms with Crippen LogP contribution in [0.3, 0.4) is 0 Å². The average molecular weight is 460 g/mol. The second kappa shape index (κ2) is 10.5. The van der Waals surface area contributed by atoms with E-state index >= 15 is 0 Å². The van der Waals surface area contributed by atoms with Gasteiger partial charge in [0.05, 0.1) is 29.8 Å². The van der Waals surface area contributed by atoms with Crippen LogP contribution >= 0.6 is 36.4 Å². The number of benzene rings is 1. The lowest BCUT2D eigenvalue weighted by Crippen LogP contribution is -2.54. The predicted molar refractivity (Wildman–Crippen MR) is 109 cm³/mol. The van der Waals surface area contributed by atoms with Crippen LogP contribution < -0.4 is 10.6 Å². The molecule has 28 heavy (non-hydrogen) atoms. The van der Waals surface area contributed by atoms with E-state index in [9.17, 15) is 18.4 Å². The molecule has 2 aliphatic heterocycles. The Bertz CT molecular complexity index is 688. The highest BCUT2D eigenvalue weighted by molar-refractivity contribution is 6.33. The first kappa shape index (κ1) is 24.8. The van der Waals surface area contributed by atoms with Crippen molar-refractivity contribution in [2.24, 2.45) is 0 Å². The molecule has 2 fully saturated rings. The van der Waals surface area contributed by atoms with Crippen LogP contribution in [0.2, 0.25) is 5.02 Å². The molecule has 3 rings (SSSR count). The van der Waals surface area contributed by atoms with Crippen LogP contribution in [0.5, 0.6) is 0 Å². The van der Waals surface area contributed by atoms with E-state index in [1.165, 1.54) is 0 Å². The molecular formula is C17H23Cl3F2N4O2. The molecule has 0 bridgehead atoms. The summed E-state index contributed by atoms with van der Waals surface area (Å²) in [6.45, 7) is 1.61. The van der Waals surface area contributed by atoms with Gasteiger partial charge in [0.15, 0.2) is 0 Å². The van der Waals surface area contributed by atoms with Crippen molar-refractivity contribution in [1.82, 2.24) is 15.1 Å². The van der Waals surface area contributed by atoms with Crippen LogP contribution in [0.1, 0.15) is 6.42 Å². The molecule has 0 spiro atoms. The smallest absolute Gasteiger partial charge is 0.262 e. The van der Waals surface area contributed by atoms with Crippen LogP contribution in [0, 0.1) is 0 Å². The van der Waals surface area contributed by atoms with Crippen LogP contribution in [-0.2, 0) is 9.59 Å². The Morgan fingerprint density at radius 1 is 1.18 bits per heavy atom. The van der Waals surface area contributed by atoms with Crippen molar-refractivity contribution in [2.45, 2.75) is 18.4 Å². The quantitative estimate of drug-likeness (QED) is 0.725. The number of anilines is 1. The molecule has 2 saturated heterocycles. The molecule has 2 heterocycles. The number of amides is 2. The third-order valence-corrected chi connectivity index (χ3v) is 4.94. The summed E-state index contributed by atoms with van der Waals surface area (Å²) in [5, 5.41) is 5.82. The van der Waals surface area contributed by atoms with Crippen molar-refractivity contribution >= 4 is 53.9 Å². The van der Waals surface area contributed by atoms with Gasteiger partial charge in [-0.1, -0.05) is 23.7 Å². The van der Waals surface area contributed by atoms with Gasteiger partial charge in [0.25, 0.3) is 5.92 Å². The number of para-hydroxylation sites is 1. The summed E-state index contributed by atoms with van der Waals surface area (Å²) in [5.41, 5.74) is 0.557. The van der Waals surface area contributed by atoms with Gasteiger partial charge in [-0.2, -0.15) is 0 Å². The van der Waals surface area contributed by atoms with E-state index in [0.29, 0.717) is 36.9 Å². The molecule has 1 aromatic carbocycles. The first-order valence-corrected chi connectivity index (χ1v) is 8.89. The number of nitrogens with one attached hydrogen (secondary N) is 2. The lowest BCUT2D eigenvalue weighted by molar-refractivity contribution is -0.135. The van der Waals surface area contributed by atoms with Crippen molar-refractivity contribution < 1.29 is 18.4 Å². The van der Waals surface area contributed by atoms with Gasteiger partial charge in [-0.05, 0) is 12.1 Å². The molecule has 11 heteroatoms. The van der Waals surface area contributed by atoms with Crippen molar-refractivity contribution in [1.29, 1.82) is 0 Å². The van der Waals surface area contributed by atoms with Gasteiger partial charge in [-0.3, -0.25) is 19.8 Å². The number of alkyl halides is 2. The Balaban J connectivity index is 0.00000196. The van der Waals surface area contributed by atoms with Gasteiger partial charge in [-0.15, -0.1) is 24.8 Å². The molecule has 0 aliphatic carbocycles. The summed E-state index contributed by atoms with van der Waals surface area (Å²) in [6.07, 6.45) is -0.452. The lowest BCUT2D eigenvalue weighted by Gasteiger charge is -2.35. The van der Waals surface area contributed by atoms with Crippen molar-refractivity contribution in [3.05, 3.63) is 29.3 Å².